The van der Waals surface area contributed by atoms with Gasteiger partial charge >= 0.3 is 0 Å². The van der Waals surface area contributed by atoms with E-state index in [9.17, 15) is 0 Å². The highest BCUT2D eigenvalue weighted by Gasteiger charge is 2.07. The molecule has 0 saturated carbocycles. The van der Waals surface area contributed by atoms with Gasteiger partial charge in [-0.2, -0.15) is 11.3 Å². The summed E-state index contributed by atoms with van der Waals surface area (Å²) in [6.45, 7) is 7.52. The molecule has 1 nitrogen and oxygen atoms in total. The molecule has 1 N–H and O–H groups in total. The molecule has 0 unspecified atom stereocenters. The molecule has 0 atom stereocenters. The van der Waals surface area contributed by atoms with Gasteiger partial charge in [0.25, 0.3) is 0 Å². The molecule has 1 aromatic rings. The maximum atomic E-state index is 3.43. The van der Waals surface area contributed by atoms with Gasteiger partial charge < -0.3 is 5.32 Å². The third kappa shape index (κ3) is 4.75. The van der Waals surface area contributed by atoms with Gasteiger partial charge in [-0.25, -0.2) is 0 Å². The maximum Gasteiger partial charge on any atom is 0.0218 e. The number of halogens is 1. The zero-order valence-corrected chi connectivity index (χ0v) is 9.39. The van der Waals surface area contributed by atoms with Crippen LogP contribution in [0.4, 0.5) is 0 Å². The summed E-state index contributed by atoms with van der Waals surface area (Å²) in [7, 11) is 0. The second-order valence-corrected chi connectivity index (χ2v) is 4.52. The predicted molar refractivity (Wildman–Crippen MR) is 58.2 cm³/mol. The zero-order valence-electron chi connectivity index (χ0n) is 7.76. The third-order valence-electron chi connectivity index (χ3n) is 1.40. The van der Waals surface area contributed by atoms with Crippen molar-refractivity contribution in [1.82, 2.24) is 5.32 Å². The minimum atomic E-state index is 0. The molecule has 0 bridgehead atoms. The summed E-state index contributed by atoms with van der Waals surface area (Å²) in [5.74, 6) is 0. The van der Waals surface area contributed by atoms with Crippen molar-refractivity contribution in [3.8, 4) is 0 Å². The van der Waals surface area contributed by atoms with Gasteiger partial charge in [-0.1, -0.05) is 0 Å². The molecule has 12 heavy (non-hydrogen) atoms. The van der Waals surface area contributed by atoms with Crippen LogP contribution in [-0.4, -0.2) is 5.54 Å². The Morgan fingerprint density at radius 2 is 2.08 bits per heavy atom. The molecule has 1 heterocycles. The van der Waals surface area contributed by atoms with E-state index in [4.69, 9.17) is 0 Å². The molecule has 0 aliphatic rings. The van der Waals surface area contributed by atoms with Crippen LogP contribution < -0.4 is 5.32 Å². The van der Waals surface area contributed by atoms with E-state index in [1.54, 1.807) is 11.3 Å². The van der Waals surface area contributed by atoms with Gasteiger partial charge in [0.15, 0.2) is 0 Å². The minimum Gasteiger partial charge on any atom is -0.308 e. The fourth-order valence-corrected chi connectivity index (χ4v) is 1.43. The first kappa shape index (κ1) is 11.9. The molecular formula is C9H16ClNS. The van der Waals surface area contributed by atoms with Gasteiger partial charge in [0.1, 0.15) is 0 Å². The fraction of sp³-hybridized carbons (Fsp3) is 0.556. The van der Waals surface area contributed by atoms with Crippen LogP contribution in [0.2, 0.25) is 0 Å². The van der Waals surface area contributed by atoms with E-state index in [2.05, 4.69) is 42.9 Å². The normalized spacial score (nSPS) is 10.9. The van der Waals surface area contributed by atoms with Crippen molar-refractivity contribution in [2.75, 3.05) is 0 Å². The van der Waals surface area contributed by atoms with Crippen LogP contribution in [0.1, 0.15) is 26.3 Å². The van der Waals surface area contributed by atoms with Crippen LogP contribution in [0.5, 0.6) is 0 Å². The first-order chi connectivity index (χ1) is 5.08. The molecule has 0 fully saturated rings. The lowest BCUT2D eigenvalue weighted by atomic mass is 10.1. The van der Waals surface area contributed by atoms with Crippen molar-refractivity contribution in [2.45, 2.75) is 32.9 Å². The topological polar surface area (TPSA) is 12.0 Å². The summed E-state index contributed by atoms with van der Waals surface area (Å²) in [5, 5.41) is 7.72. The van der Waals surface area contributed by atoms with Crippen LogP contribution in [0.3, 0.4) is 0 Å². The fourth-order valence-electron chi connectivity index (χ4n) is 0.760. The summed E-state index contributed by atoms with van der Waals surface area (Å²) in [5.41, 5.74) is 1.60. The van der Waals surface area contributed by atoms with E-state index in [0.717, 1.165) is 6.54 Å². The quantitative estimate of drug-likeness (QED) is 0.783. The highest BCUT2D eigenvalue weighted by Crippen LogP contribution is 2.07. The highest BCUT2D eigenvalue weighted by molar-refractivity contribution is 7.07. The smallest absolute Gasteiger partial charge is 0.0218 e. The van der Waals surface area contributed by atoms with Crippen LogP contribution in [-0.2, 0) is 6.54 Å². The molecule has 1 rings (SSSR count). The summed E-state index contributed by atoms with van der Waals surface area (Å²) in [4.78, 5) is 0. The number of thiophene rings is 1. The molecule has 3 heteroatoms. The van der Waals surface area contributed by atoms with Crippen molar-refractivity contribution in [3.05, 3.63) is 22.4 Å². The second-order valence-electron chi connectivity index (χ2n) is 3.74. The molecule has 0 radical (unpaired) electrons. The lowest BCUT2D eigenvalue weighted by Gasteiger charge is -2.19. The Bertz CT molecular complexity index is 201. The lowest BCUT2D eigenvalue weighted by molar-refractivity contribution is 0.424. The Balaban J connectivity index is 0.00000121. The lowest BCUT2D eigenvalue weighted by Crippen LogP contribution is -2.34. The van der Waals surface area contributed by atoms with E-state index >= 15 is 0 Å². The average molecular weight is 206 g/mol. The minimum absolute atomic E-state index is 0. The maximum absolute atomic E-state index is 3.43. The summed E-state index contributed by atoms with van der Waals surface area (Å²) < 4.78 is 0. The SMILES string of the molecule is CC(C)(C)NCc1ccsc1.Cl. The van der Waals surface area contributed by atoms with Crippen molar-refractivity contribution in [2.24, 2.45) is 0 Å². The number of nitrogens with one attached hydrogen (secondary N) is 1. The van der Waals surface area contributed by atoms with Crippen molar-refractivity contribution in [3.63, 3.8) is 0 Å². The Morgan fingerprint density at radius 1 is 1.42 bits per heavy atom. The Morgan fingerprint density at radius 3 is 2.50 bits per heavy atom. The van der Waals surface area contributed by atoms with Crippen molar-refractivity contribution < 1.29 is 0 Å². The van der Waals surface area contributed by atoms with Crippen LogP contribution in [0.15, 0.2) is 16.8 Å². The largest absolute Gasteiger partial charge is 0.308 e. The number of hydrogen-bond acceptors (Lipinski definition) is 2. The molecule has 1 aromatic heterocycles. The molecule has 0 aliphatic carbocycles. The van der Waals surface area contributed by atoms with Crippen LogP contribution in [0.25, 0.3) is 0 Å². The van der Waals surface area contributed by atoms with E-state index in [1.165, 1.54) is 5.56 Å². The predicted octanol–water partition coefficient (Wildman–Crippen LogP) is 3.06. The van der Waals surface area contributed by atoms with Gasteiger partial charge in [-0.3, -0.25) is 0 Å². The van der Waals surface area contributed by atoms with Gasteiger partial charge in [0.2, 0.25) is 0 Å². The van der Waals surface area contributed by atoms with E-state index in [1.807, 2.05) is 0 Å². The van der Waals surface area contributed by atoms with E-state index < -0.39 is 0 Å². The third-order valence-corrected chi connectivity index (χ3v) is 2.13. The summed E-state index contributed by atoms with van der Waals surface area (Å²) in [6.07, 6.45) is 0. The Labute approximate surface area is 84.6 Å². The van der Waals surface area contributed by atoms with Gasteiger partial charge in [-0.05, 0) is 43.2 Å². The molecule has 0 amide bonds. The van der Waals surface area contributed by atoms with E-state index in [-0.39, 0.29) is 17.9 Å². The second kappa shape index (κ2) is 4.85. The summed E-state index contributed by atoms with van der Waals surface area (Å²) >= 11 is 1.75. The average Bonchev–Trinajstić information content (AvgIpc) is 2.32. The molecule has 0 aliphatic heterocycles. The first-order valence-electron chi connectivity index (χ1n) is 3.84. The van der Waals surface area contributed by atoms with Gasteiger partial charge in [-0.15, -0.1) is 12.4 Å². The van der Waals surface area contributed by atoms with Gasteiger partial charge in [0, 0.05) is 12.1 Å². The monoisotopic (exact) mass is 205 g/mol. The summed E-state index contributed by atoms with van der Waals surface area (Å²) in [6, 6.07) is 2.16. The standard InChI is InChI=1S/C9H15NS.ClH/c1-9(2,3)10-6-8-4-5-11-7-8;/h4-5,7,10H,6H2,1-3H3;1H. The van der Waals surface area contributed by atoms with Crippen LogP contribution >= 0.6 is 23.7 Å². The molecule has 70 valence electrons. The highest BCUT2D eigenvalue weighted by atomic mass is 35.5. The Hall–Kier alpha value is -0.0500. The molecular weight excluding hydrogens is 190 g/mol. The zero-order chi connectivity index (χ0) is 8.32. The number of hydrogen-bond donors (Lipinski definition) is 1. The Kier molecular flexibility index (Phi) is 4.83. The first-order valence-corrected chi connectivity index (χ1v) is 4.78. The van der Waals surface area contributed by atoms with E-state index in [0.29, 0.717) is 0 Å². The molecule has 0 aromatic carbocycles. The molecule has 0 spiro atoms. The van der Waals surface area contributed by atoms with Gasteiger partial charge in [0.05, 0.1) is 0 Å². The van der Waals surface area contributed by atoms with Crippen LogP contribution in [0, 0.1) is 0 Å². The van der Waals surface area contributed by atoms with Crippen molar-refractivity contribution in [1.29, 1.82) is 0 Å². The van der Waals surface area contributed by atoms with Crippen molar-refractivity contribution >= 4 is 23.7 Å². The number of rotatable bonds is 2. The molecule has 0 saturated heterocycles.